The molecule has 0 saturated carbocycles. The zero-order chi connectivity index (χ0) is 15.3. The van der Waals surface area contributed by atoms with Crippen molar-refractivity contribution in [3.8, 4) is 0 Å². The molecule has 6 N–H and O–H groups in total. The molecule has 0 aliphatic rings. The first-order chi connectivity index (χ1) is 7.98. The monoisotopic (exact) mass is 272 g/mol. The Bertz CT molecular complexity index is 156. The van der Waals surface area contributed by atoms with Crippen LogP contribution in [0.3, 0.4) is 0 Å². The molecule has 0 aliphatic carbocycles. The largest absolute Gasteiger partial charge is 0.652 e. The van der Waals surface area contributed by atoms with Crippen LogP contribution in [0.5, 0.6) is 0 Å². The lowest BCUT2D eigenvalue weighted by atomic mass is 10.6. The van der Waals surface area contributed by atoms with E-state index in [4.69, 9.17) is 35.4 Å². The Kier molecular flexibility index (Phi) is 17.4. The average molecular weight is 272 g/mol. The Labute approximate surface area is 106 Å². The van der Waals surface area contributed by atoms with Gasteiger partial charge < -0.3 is 45.2 Å². The molecule has 9 heteroatoms. The van der Waals surface area contributed by atoms with Crippen LogP contribution in [0.1, 0.15) is 0 Å². The summed E-state index contributed by atoms with van der Waals surface area (Å²) >= 11 is 0. The molecule has 112 valence electrons. The van der Waals surface area contributed by atoms with E-state index in [9.17, 15) is 0 Å². The predicted molar refractivity (Wildman–Crippen MR) is 57.2 cm³/mol. The van der Waals surface area contributed by atoms with Crippen LogP contribution in [0.15, 0.2) is 0 Å². The van der Waals surface area contributed by atoms with Crippen LogP contribution in [0.25, 0.3) is 0 Å². The third kappa shape index (κ3) is 59.9. The summed E-state index contributed by atoms with van der Waals surface area (Å²) in [6.07, 6.45) is -4.66. The number of nitrogens with one attached hydrogen (secondary N) is 2. The number of likely N-dealkylation sites (N-methyl/N-ethyl adjacent to an activating group) is 2. The van der Waals surface area contributed by atoms with E-state index < -0.39 is 18.7 Å². The van der Waals surface area contributed by atoms with Gasteiger partial charge in [0.15, 0.2) is 0 Å². The normalized spacial score (nSPS) is 10.0. The van der Waals surface area contributed by atoms with Crippen molar-refractivity contribution in [2.45, 2.75) is 12.6 Å². The Morgan fingerprint density at radius 2 is 1.06 bits per heavy atom. The van der Waals surface area contributed by atoms with E-state index in [0.717, 1.165) is 9.80 Å². The van der Waals surface area contributed by atoms with Crippen molar-refractivity contribution in [2.24, 2.45) is 0 Å². The highest BCUT2D eigenvalue weighted by atomic mass is 16.6. The van der Waals surface area contributed by atoms with Gasteiger partial charge in [-0.25, -0.2) is 0 Å². The summed E-state index contributed by atoms with van der Waals surface area (Å²) in [7, 11) is 7.44. The van der Waals surface area contributed by atoms with Gasteiger partial charge in [0.25, 0.3) is 0 Å². The molecule has 18 heavy (non-hydrogen) atoms. The van der Waals surface area contributed by atoms with Crippen LogP contribution < -0.4 is 20.0 Å². The molecule has 0 spiro atoms. The lowest BCUT2D eigenvalue weighted by Gasteiger charge is -2.06. The Hall–Kier alpha value is -0.970. The molecule has 0 aromatic heterocycles. The van der Waals surface area contributed by atoms with Gasteiger partial charge in [0.1, 0.15) is 13.1 Å². The maximum Gasteiger partial charge on any atom is 0.202 e. The van der Waals surface area contributed by atoms with Gasteiger partial charge >= 0.3 is 0 Å². The van der Waals surface area contributed by atoms with Gasteiger partial charge in [-0.05, 0) is 6.16 Å². The zero-order valence-corrected chi connectivity index (χ0v) is 11.1. The van der Waals surface area contributed by atoms with Crippen LogP contribution >= 0.6 is 0 Å². The van der Waals surface area contributed by atoms with E-state index in [1.54, 1.807) is 0 Å². The fourth-order valence-electron chi connectivity index (χ4n) is 0.730. The number of aliphatic hydroxyl groups excluding tert-OH is 2. The van der Waals surface area contributed by atoms with E-state index >= 15 is 0 Å². The number of quaternary nitrogens is 2. The maximum atomic E-state index is 8.33. The van der Waals surface area contributed by atoms with Crippen LogP contribution in [0, 0.1) is 0 Å². The maximum absolute atomic E-state index is 8.33. The van der Waals surface area contributed by atoms with E-state index in [1.165, 1.54) is 0 Å². The molecule has 0 bridgehead atoms. The van der Waals surface area contributed by atoms with Gasteiger partial charge in [0, 0.05) is 0 Å². The minimum Gasteiger partial charge on any atom is -0.652 e. The van der Waals surface area contributed by atoms with Crippen molar-refractivity contribution in [2.75, 3.05) is 41.3 Å². The standard InChI is InChI=1S/2C4H11NO2.CH2O3/c2*1-5(2)3-4(6)7;2-1(3)4/h2*4,6-7H,3H2,1-2H3;(H2,2,3,4). The molecule has 0 heterocycles. The highest BCUT2D eigenvalue weighted by Crippen LogP contribution is 1.59. The lowest BCUT2D eigenvalue weighted by molar-refractivity contribution is -0.865. The SMILES string of the molecule is C[NH+](C)CC(O)O.C[NH+](C)CC(O)O.O=C([O-])[O-]. The molecule has 0 rings (SSSR count). The van der Waals surface area contributed by atoms with Gasteiger partial charge in [-0.15, -0.1) is 0 Å². The zero-order valence-electron chi connectivity index (χ0n) is 11.1. The van der Waals surface area contributed by atoms with Crippen molar-refractivity contribution < 1.29 is 45.2 Å². The number of carbonyl (C=O) groups excluding carboxylic acids is 1. The second kappa shape index (κ2) is 14.1. The molecule has 0 aromatic rings. The lowest BCUT2D eigenvalue weighted by Crippen LogP contribution is -3.07. The summed E-state index contributed by atoms with van der Waals surface area (Å²) in [4.78, 5) is 10.4. The minimum absolute atomic E-state index is 0.389. The molecule has 0 fully saturated rings. The van der Waals surface area contributed by atoms with Crippen molar-refractivity contribution in [3.63, 3.8) is 0 Å². The van der Waals surface area contributed by atoms with Crippen molar-refractivity contribution in [1.82, 2.24) is 0 Å². The van der Waals surface area contributed by atoms with Gasteiger partial charge in [-0.2, -0.15) is 0 Å². The van der Waals surface area contributed by atoms with Crippen LogP contribution in [0.4, 0.5) is 4.79 Å². The summed E-state index contributed by atoms with van der Waals surface area (Å²) in [5, 5.41) is 49.7. The van der Waals surface area contributed by atoms with Crippen LogP contribution in [-0.2, 0) is 0 Å². The Morgan fingerprint density at radius 3 is 1.06 bits per heavy atom. The molecular formula is C9H24N2O7. The highest BCUT2D eigenvalue weighted by Gasteiger charge is 1.99. The number of hydrogen-bond acceptors (Lipinski definition) is 7. The number of carboxylic acid groups (broad SMARTS) is 2. The highest BCUT2D eigenvalue weighted by molar-refractivity contribution is 5.47. The third-order valence-electron chi connectivity index (χ3n) is 1.18. The van der Waals surface area contributed by atoms with Crippen molar-refractivity contribution in [3.05, 3.63) is 0 Å². The van der Waals surface area contributed by atoms with Gasteiger partial charge in [-0.1, -0.05) is 0 Å². The number of aliphatic hydroxyl groups is 4. The molecule has 9 nitrogen and oxygen atoms in total. The average Bonchev–Trinajstić information content (AvgIpc) is 1.96. The first kappa shape index (κ1) is 22.2. The topological polar surface area (TPSA) is 153 Å². The van der Waals surface area contributed by atoms with Crippen LogP contribution in [-0.4, -0.2) is 80.4 Å². The predicted octanol–water partition coefficient (Wildman–Crippen LogP) is -7.56. The fourth-order valence-corrected chi connectivity index (χ4v) is 0.730. The van der Waals surface area contributed by atoms with Gasteiger partial charge in [0.2, 0.25) is 12.6 Å². The molecule has 0 aliphatic heterocycles. The van der Waals surface area contributed by atoms with E-state index in [1.807, 2.05) is 28.2 Å². The number of rotatable bonds is 4. The minimum atomic E-state index is -2.33. The molecular weight excluding hydrogens is 248 g/mol. The molecule has 0 saturated heterocycles. The van der Waals surface area contributed by atoms with Crippen molar-refractivity contribution in [1.29, 1.82) is 0 Å². The van der Waals surface area contributed by atoms with E-state index in [0.29, 0.717) is 13.1 Å². The number of carbonyl (C=O) groups is 1. The summed E-state index contributed by atoms with van der Waals surface area (Å²) in [5.74, 6) is 0. The molecule has 0 radical (unpaired) electrons. The second-order valence-corrected chi connectivity index (χ2v) is 4.03. The summed E-state index contributed by atoms with van der Waals surface area (Å²) in [6, 6.07) is 0. The first-order valence-electron chi connectivity index (χ1n) is 5.17. The second-order valence-electron chi connectivity index (χ2n) is 4.03. The number of hydrogen-bond donors (Lipinski definition) is 6. The molecule has 0 atom stereocenters. The molecule has 0 aromatic carbocycles. The summed E-state index contributed by atoms with van der Waals surface area (Å²) in [5.41, 5.74) is 0. The van der Waals surface area contributed by atoms with E-state index in [-0.39, 0.29) is 0 Å². The molecule has 0 amide bonds. The smallest absolute Gasteiger partial charge is 0.202 e. The van der Waals surface area contributed by atoms with E-state index in [2.05, 4.69) is 0 Å². The Balaban J connectivity index is -0.000000196. The Morgan fingerprint density at radius 1 is 0.889 bits per heavy atom. The van der Waals surface area contributed by atoms with Crippen molar-refractivity contribution >= 4 is 6.16 Å². The first-order valence-corrected chi connectivity index (χ1v) is 5.17. The fraction of sp³-hybridized carbons (Fsp3) is 0.889. The van der Waals surface area contributed by atoms with Gasteiger partial charge in [0.05, 0.1) is 28.2 Å². The van der Waals surface area contributed by atoms with Crippen LogP contribution in [0.2, 0.25) is 0 Å². The third-order valence-corrected chi connectivity index (χ3v) is 1.18. The summed E-state index contributed by atoms with van der Waals surface area (Å²) in [6.45, 7) is 0.778. The summed E-state index contributed by atoms with van der Waals surface area (Å²) < 4.78 is 0. The quantitative estimate of drug-likeness (QED) is 0.278. The van der Waals surface area contributed by atoms with Gasteiger partial charge in [-0.3, -0.25) is 0 Å². The molecule has 0 unspecified atom stereocenters.